The van der Waals surface area contributed by atoms with Crippen LogP contribution in [0.15, 0.2) is 24.3 Å². The molecule has 0 aliphatic carbocycles. The van der Waals surface area contributed by atoms with Crippen LogP contribution in [-0.4, -0.2) is 39.3 Å². The number of amides is 1. The van der Waals surface area contributed by atoms with E-state index >= 15 is 0 Å². The van der Waals surface area contributed by atoms with Crippen LogP contribution in [0.2, 0.25) is 0 Å². The number of benzene rings is 1. The highest BCUT2D eigenvalue weighted by Crippen LogP contribution is 2.16. The first kappa shape index (κ1) is 14.5. The van der Waals surface area contributed by atoms with E-state index in [1.807, 2.05) is 6.07 Å². The molecule has 1 amide bonds. The van der Waals surface area contributed by atoms with Crippen molar-refractivity contribution in [1.82, 2.24) is 5.32 Å². The van der Waals surface area contributed by atoms with E-state index < -0.39 is 0 Å². The van der Waals surface area contributed by atoms with E-state index in [1.165, 1.54) is 0 Å². The lowest BCUT2D eigenvalue weighted by Crippen LogP contribution is -2.33. The Kier molecular flexibility index (Phi) is 6.18. The first-order chi connectivity index (χ1) is 8.69. The second-order valence-corrected chi connectivity index (χ2v) is 3.96. The van der Waals surface area contributed by atoms with Crippen molar-refractivity contribution in [1.29, 1.82) is 0 Å². The SMILES string of the molecule is COCC(N)CCNC(=O)c1ccccc1OC. The zero-order valence-corrected chi connectivity index (χ0v) is 10.8. The second-order valence-electron chi connectivity index (χ2n) is 3.96. The van der Waals surface area contributed by atoms with Crippen LogP contribution in [0.3, 0.4) is 0 Å². The Bertz CT molecular complexity index is 382. The van der Waals surface area contributed by atoms with Crippen molar-refractivity contribution in [3.8, 4) is 5.75 Å². The summed E-state index contributed by atoms with van der Waals surface area (Å²) in [7, 11) is 3.15. The second kappa shape index (κ2) is 7.68. The lowest BCUT2D eigenvalue weighted by molar-refractivity contribution is 0.0947. The summed E-state index contributed by atoms with van der Waals surface area (Å²) in [6.07, 6.45) is 0.675. The molecule has 0 saturated heterocycles. The Balaban J connectivity index is 2.45. The number of para-hydroxylation sites is 1. The summed E-state index contributed by atoms with van der Waals surface area (Å²) in [4.78, 5) is 11.9. The molecular formula is C13H20N2O3. The topological polar surface area (TPSA) is 73.6 Å². The lowest BCUT2D eigenvalue weighted by Gasteiger charge is -2.12. The minimum Gasteiger partial charge on any atom is -0.496 e. The van der Waals surface area contributed by atoms with Crippen LogP contribution in [0, 0.1) is 0 Å². The highest BCUT2D eigenvalue weighted by molar-refractivity contribution is 5.96. The average molecular weight is 252 g/mol. The van der Waals surface area contributed by atoms with Crippen LogP contribution in [0.4, 0.5) is 0 Å². The van der Waals surface area contributed by atoms with Crippen LogP contribution in [0.1, 0.15) is 16.8 Å². The summed E-state index contributed by atoms with van der Waals surface area (Å²) < 4.78 is 10.1. The van der Waals surface area contributed by atoms with E-state index in [0.29, 0.717) is 30.9 Å². The number of methoxy groups -OCH3 is 2. The summed E-state index contributed by atoms with van der Waals surface area (Å²) >= 11 is 0. The van der Waals surface area contributed by atoms with Crippen LogP contribution >= 0.6 is 0 Å². The fraction of sp³-hybridized carbons (Fsp3) is 0.462. The third kappa shape index (κ3) is 4.35. The van der Waals surface area contributed by atoms with Crippen molar-refractivity contribution in [2.75, 3.05) is 27.4 Å². The van der Waals surface area contributed by atoms with Crippen molar-refractivity contribution in [2.45, 2.75) is 12.5 Å². The van der Waals surface area contributed by atoms with Crippen molar-refractivity contribution >= 4 is 5.91 Å². The minimum absolute atomic E-state index is 0.0621. The molecule has 0 aromatic heterocycles. The van der Waals surface area contributed by atoms with Gasteiger partial charge in [0.1, 0.15) is 5.75 Å². The maximum Gasteiger partial charge on any atom is 0.255 e. The molecule has 0 fully saturated rings. The lowest BCUT2D eigenvalue weighted by atomic mass is 10.2. The van der Waals surface area contributed by atoms with Crippen molar-refractivity contribution in [2.24, 2.45) is 5.73 Å². The van der Waals surface area contributed by atoms with Gasteiger partial charge in [-0.25, -0.2) is 0 Å². The fourth-order valence-electron chi connectivity index (χ4n) is 1.60. The molecule has 0 aliphatic rings. The predicted octanol–water partition coefficient (Wildman–Crippen LogP) is 0.789. The number of hydrogen-bond acceptors (Lipinski definition) is 4. The van der Waals surface area contributed by atoms with Gasteiger partial charge in [0, 0.05) is 19.7 Å². The van der Waals surface area contributed by atoms with Gasteiger partial charge >= 0.3 is 0 Å². The van der Waals surface area contributed by atoms with Gasteiger partial charge < -0.3 is 20.5 Å². The Labute approximate surface area is 107 Å². The highest BCUT2D eigenvalue weighted by Gasteiger charge is 2.11. The molecule has 0 saturated carbocycles. The zero-order valence-electron chi connectivity index (χ0n) is 10.8. The van der Waals surface area contributed by atoms with Gasteiger partial charge in [0.05, 0.1) is 19.3 Å². The quantitative estimate of drug-likeness (QED) is 0.752. The van der Waals surface area contributed by atoms with E-state index in [0.717, 1.165) is 0 Å². The number of ether oxygens (including phenoxy) is 2. The van der Waals surface area contributed by atoms with Gasteiger partial charge in [-0.3, -0.25) is 4.79 Å². The van der Waals surface area contributed by atoms with Crippen LogP contribution in [0.25, 0.3) is 0 Å². The monoisotopic (exact) mass is 252 g/mol. The number of nitrogens with one attached hydrogen (secondary N) is 1. The maximum atomic E-state index is 11.9. The number of nitrogens with two attached hydrogens (primary N) is 1. The third-order valence-electron chi connectivity index (χ3n) is 2.53. The molecule has 3 N–H and O–H groups in total. The smallest absolute Gasteiger partial charge is 0.255 e. The standard InChI is InChI=1S/C13H20N2O3/c1-17-9-10(14)7-8-15-13(16)11-5-3-4-6-12(11)18-2/h3-6,10H,7-9,14H2,1-2H3,(H,15,16). The van der Waals surface area contributed by atoms with E-state index in [2.05, 4.69) is 5.32 Å². The van der Waals surface area contributed by atoms with Gasteiger partial charge in [0.25, 0.3) is 5.91 Å². The summed E-state index contributed by atoms with van der Waals surface area (Å²) in [5, 5.41) is 2.81. The molecule has 1 aromatic rings. The van der Waals surface area contributed by atoms with E-state index in [1.54, 1.807) is 32.4 Å². The Morgan fingerprint density at radius 1 is 1.39 bits per heavy atom. The summed E-state index contributed by atoms with van der Waals surface area (Å²) in [5.74, 6) is 0.410. The van der Waals surface area contributed by atoms with Gasteiger partial charge in [-0.15, -0.1) is 0 Å². The molecule has 0 bridgehead atoms. The van der Waals surface area contributed by atoms with E-state index in [9.17, 15) is 4.79 Å². The summed E-state index contributed by atoms with van der Waals surface area (Å²) in [5.41, 5.74) is 6.29. The van der Waals surface area contributed by atoms with Gasteiger partial charge in [-0.2, -0.15) is 0 Å². The summed E-state index contributed by atoms with van der Waals surface area (Å²) in [6, 6.07) is 7.04. The molecule has 5 nitrogen and oxygen atoms in total. The predicted molar refractivity (Wildman–Crippen MR) is 69.8 cm³/mol. The average Bonchev–Trinajstić information content (AvgIpc) is 2.38. The molecular weight excluding hydrogens is 232 g/mol. The van der Waals surface area contributed by atoms with Crippen LogP contribution in [0.5, 0.6) is 5.75 Å². The molecule has 5 heteroatoms. The molecule has 0 heterocycles. The van der Waals surface area contributed by atoms with E-state index in [-0.39, 0.29) is 11.9 Å². The molecule has 0 aliphatic heterocycles. The molecule has 1 aromatic carbocycles. The molecule has 1 unspecified atom stereocenters. The zero-order chi connectivity index (χ0) is 13.4. The minimum atomic E-state index is -0.155. The van der Waals surface area contributed by atoms with Gasteiger partial charge in [-0.05, 0) is 18.6 Å². The molecule has 0 radical (unpaired) electrons. The highest BCUT2D eigenvalue weighted by atomic mass is 16.5. The van der Waals surface area contributed by atoms with Crippen LogP contribution in [-0.2, 0) is 4.74 Å². The van der Waals surface area contributed by atoms with E-state index in [4.69, 9.17) is 15.2 Å². The fourth-order valence-corrected chi connectivity index (χ4v) is 1.60. The van der Waals surface area contributed by atoms with Crippen molar-refractivity contribution in [3.05, 3.63) is 29.8 Å². The Hall–Kier alpha value is -1.59. The Morgan fingerprint density at radius 2 is 2.11 bits per heavy atom. The first-order valence-corrected chi connectivity index (χ1v) is 5.84. The molecule has 18 heavy (non-hydrogen) atoms. The first-order valence-electron chi connectivity index (χ1n) is 5.84. The molecule has 1 atom stereocenters. The normalized spacial score (nSPS) is 11.9. The number of carbonyl (C=O) groups is 1. The van der Waals surface area contributed by atoms with Crippen LogP contribution < -0.4 is 15.8 Å². The number of hydrogen-bond donors (Lipinski definition) is 2. The Morgan fingerprint density at radius 3 is 2.78 bits per heavy atom. The largest absolute Gasteiger partial charge is 0.496 e. The maximum absolute atomic E-state index is 11.9. The van der Waals surface area contributed by atoms with Crippen molar-refractivity contribution in [3.63, 3.8) is 0 Å². The molecule has 1 rings (SSSR count). The number of carbonyl (C=O) groups excluding carboxylic acids is 1. The third-order valence-corrected chi connectivity index (χ3v) is 2.53. The van der Waals surface area contributed by atoms with Gasteiger partial charge in [0.15, 0.2) is 0 Å². The van der Waals surface area contributed by atoms with Crippen molar-refractivity contribution < 1.29 is 14.3 Å². The molecule has 100 valence electrons. The van der Waals surface area contributed by atoms with Gasteiger partial charge in [-0.1, -0.05) is 12.1 Å². The van der Waals surface area contributed by atoms with Gasteiger partial charge in [0.2, 0.25) is 0 Å². The molecule has 0 spiro atoms. The number of rotatable bonds is 7. The summed E-state index contributed by atoms with van der Waals surface area (Å²) in [6.45, 7) is 1.01.